The summed E-state index contributed by atoms with van der Waals surface area (Å²) in [6, 6.07) is 3.10. The maximum absolute atomic E-state index is 12.2. The number of sulfone groups is 1. The second-order valence-corrected chi connectivity index (χ2v) is 8.15. The summed E-state index contributed by atoms with van der Waals surface area (Å²) in [7, 11) is -5.98. The minimum absolute atomic E-state index is 0.0190. The van der Waals surface area contributed by atoms with Gasteiger partial charge in [-0.2, -0.15) is 0 Å². The minimum atomic E-state index is -3.91. The molecule has 9 heteroatoms. The van der Waals surface area contributed by atoms with E-state index in [1.807, 2.05) is 0 Å². The number of anilines is 1. The zero-order valence-corrected chi connectivity index (χ0v) is 13.1. The van der Waals surface area contributed by atoms with Gasteiger partial charge in [0.2, 0.25) is 10.0 Å². The molecule has 0 radical (unpaired) electrons. The Balaban J connectivity index is 3.24. The van der Waals surface area contributed by atoms with E-state index in [4.69, 9.17) is 10.5 Å². The summed E-state index contributed by atoms with van der Waals surface area (Å²) >= 11 is 0. The van der Waals surface area contributed by atoms with Gasteiger partial charge in [0.05, 0.1) is 17.2 Å². The fourth-order valence-corrected chi connectivity index (χ4v) is 3.70. The van der Waals surface area contributed by atoms with Gasteiger partial charge >= 0.3 is 0 Å². The van der Waals surface area contributed by atoms with Crippen molar-refractivity contribution in [2.45, 2.75) is 22.8 Å². The van der Waals surface area contributed by atoms with Gasteiger partial charge < -0.3 is 10.5 Å². The van der Waals surface area contributed by atoms with Crippen molar-refractivity contribution in [1.82, 2.24) is 4.72 Å². The molecule has 0 aromatic heterocycles. The molecule has 0 aliphatic heterocycles. The molecule has 7 nitrogen and oxygen atoms in total. The van der Waals surface area contributed by atoms with Gasteiger partial charge in [-0.3, -0.25) is 0 Å². The second-order valence-electron chi connectivity index (χ2n) is 4.45. The number of nitrogens with one attached hydrogen (secondary N) is 1. The summed E-state index contributed by atoms with van der Waals surface area (Å²) in [6.07, 6.45) is 0.996. The number of sulfonamides is 1. The summed E-state index contributed by atoms with van der Waals surface area (Å²) in [6.45, 7) is 1.81. The lowest BCUT2D eigenvalue weighted by Crippen LogP contribution is -2.36. The molecule has 0 saturated carbocycles. The smallest absolute Gasteiger partial charge is 0.242 e. The van der Waals surface area contributed by atoms with Crippen LogP contribution in [0.4, 0.5) is 5.69 Å². The van der Waals surface area contributed by atoms with Crippen molar-refractivity contribution in [2.75, 3.05) is 25.7 Å². The molecule has 0 spiro atoms. The van der Waals surface area contributed by atoms with E-state index in [0.717, 1.165) is 12.3 Å². The largest absolute Gasteiger partial charge is 0.398 e. The van der Waals surface area contributed by atoms with Crippen LogP contribution < -0.4 is 10.5 Å². The second kappa shape index (κ2) is 6.08. The van der Waals surface area contributed by atoms with E-state index < -0.39 is 25.9 Å². The predicted molar refractivity (Wildman–Crippen MR) is 75.6 cm³/mol. The van der Waals surface area contributed by atoms with E-state index in [0.29, 0.717) is 0 Å². The average molecular weight is 322 g/mol. The Bertz CT molecular complexity index is 683. The fourth-order valence-electron chi connectivity index (χ4n) is 1.59. The first-order chi connectivity index (χ1) is 9.08. The molecule has 0 aliphatic rings. The summed E-state index contributed by atoms with van der Waals surface area (Å²) in [5.41, 5.74) is 5.60. The third kappa shape index (κ3) is 4.17. The maximum Gasteiger partial charge on any atom is 0.242 e. The monoisotopic (exact) mass is 322 g/mol. The number of rotatable bonds is 6. The molecule has 0 fully saturated rings. The number of nitrogens with two attached hydrogens (primary N) is 1. The van der Waals surface area contributed by atoms with Gasteiger partial charge in [0.25, 0.3) is 0 Å². The summed E-state index contributed by atoms with van der Waals surface area (Å²) < 4.78 is 54.5. The van der Waals surface area contributed by atoms with Crippen LogP contribution in [0, 0.1) is 0 Å². The van der Waals surface area contributed by atoms with Crippen LogP contribution in [-0.4, -0.2) is 42.8 Å². The van der Waals surface area contributed by atoms with Crippen LogP contribution in [-0.2, 0) is 24.6 Å². The Kier molecular flexibility index (Phi) is 5.14. The number of hydrogen-bond donors (Lipinski definition) is 2. The molecule has 1 aromatic rings. The Morgan fingerprint density at radius 1 is 1.30 bits per heavy atom. The van der Waals surface area contributed by atoms with Crippen LogP contribution in [0.2, 0.25) is 0 Å². The van der Waals surface area contributed by atoms with Gasteiger partial charge in [-0.15, -0.1) is 0 Å². The molecule has 0 heterocycles. The normalized spacial score (nSPS) is 14.2. The lowest BCUT2D eigenvalue weighted by Gasteiger charge is -2.15. The van der Waals surface area contributed by atoms with Crippen molar-refractivity contribution in [1.29, 1.82) is 0 Å². The topological polar surface area (TPSA) is 116 Å². The number of ether oxygens (including phenoxy) is 1. The number of nitrogen functional groups attached to an aromatic ring is 1. The Hall–Kier alpha value is -1.16. The molecule has 0 aliphatic carbocycles. The third-order valence-electron chi connectivity index (χ3n) is 2.48. The molecule has 1 aromatic carbocycles. The zero-order valence-electron chi connectivity index (χ0n) is 11.5. The number of hydrogen-bond acceptors (Lipinski definition) is 6. The molecule has 0 amide bonds. The fraction of sp³-hybridized carbons (Fsp3) is 0.455. The summed E-state index contributed by atoms with van der Waals surface area (Å²) in [4.78, 5) is -0.366. The molecule has 1 atom stereocenters. The van der Waals surface area contributed by atoms with Crippen molar-refractivity contribution >= 4 is 25.5 Å². The van der Waals surface area contributed by atoms with E-state index in [9.17, 15) is 16.8 Å². The van der Waals surface area contributed by atoms with Crippen molar-refractivity contribution in [3.05, 3.63) is 18.2 Å². The van der Waals surface area contributed by atoms with Crippen LogP contribution in [0.1, 0.15) is 6.92 Å². The Morgan fingerprint density at radius 2 is 1.90 bits per heavy atom. The molecule has 0 saturated heterocycles. The SMILES string of the molecule is COCC(C)NS(=O)(=O)c1cc(S(C)(=O)=O)ccc1N. The van der Waals surface area contributed by atoms with Gasteiger partial charge in [0.15, 0.2) is 9.84 Å². The van der Waals surface area contributed by atoms with Gasteiger partial charge in [0.1, 0.15) is 4.90 Å². The van der Waals surface area contributed by atoms with Crippen LogP contribution in [0.3, 0.4) is 0 Å². The van der Waals surface area contributed by atoms with Crippen LogP contribution in [0.5, 0.6) is 0 Å². The van der Waals surface area contributed by atoms with Crippen molar-refractivity contribution in [3.63, 3.8) is 0 Å². The van der Waals surface area contributed by atoms with Crippen LogP contribution in [0.25, 0.3) is 0 Å². The molecule has 3 N–H and O–H groups in total. The highest BCUT2D eigenvalue weighted by Crippen LogP contribution is 2.22. The first kappa shape index (κ1) is 16.9. The molecular weight excluding hydrogens is 304 g/mol. The Labute approximate surface area is 119 Å². The molecule has 20 heavy (non-hydrogen) atoms. The van der Waals surface area contributed by atoms with E-state index >= 15 is 0 Å². The van der Waals surface area contributed by atoms with Gasteiger partial charge in [-0.25, -0.2) is 21.6 Å². The van der Waals surface area contributed by atoms with Crippen molar-refractivity contribution < 1.29 is 21.6 Å². The highest BCUT2D eigenvalue weighted by Gasteiger charge is 2.22. The molecule has 1 rings (SSSR count). The maximum atomic E-state index is 12.2. The van der Waals surface area contributed by atoms with E-state index in [1.165, 1.54) is 19.2 Å². The first-order valence-electron chi connectivity index (χ1n) is 5.69. The van der Waals surface area contributed by atoms with E-state index in [2.05, 4.69) is 4.72 Å². The van der Waals surface area contributed by atoms with E-state index in [1.54, 1.807) is 6.92 Å². The molecule has 1 unspecified atom stereocenters. The summed E-state index contributed by atoms with van der Waals surface area (Å²) in [5, 5.41) is 0. The zero-order chi connectivity index (χ0) is 15.6. The van der Waals surface area contributed by atoms with Crippen molar-refractivity contribution in [3.8, 4) is 0 Å². The molecule has 0 bridgehead atoms. The van der Waals surface area contributed by atoms with Crippen molar-refractivity contribution in [2.24, 2.45) is 0 Å². The number of benzene rings is 1. The van der Waals surface area contributed by atoms with Gasteiger partial charge in [-0.1, -0.05) is 0 Å². The first-order valence-corrected chi connectivity index (χ1v) is 9.06. The highest BCUT2D eigenvalue weighted by atomic mass is 32.2. The molecular formula is C11H18N2O5S2. The number of methoxy groups -OCH3 is 1. The molecule has 114 valence electrons. The van der Waals surface area contributed by atoms with E-state index in [-0.39, 0.29) is 22.1 Å². The summed E-state index contributed by atoms with van der Waals surface area (Å²) in [5.74, 6) is 0. The van der Waals surface area contributed by atoms with Crippen LogP contribution >= 0.6 is 0 Å². The lowest BCUT2D eigenvalue weighted by atomic mass is 10.3. The van der Waals surface area contributed by atoms with Crippen LogP contribution in [0.15, 0.2) is 28.0 Å². The third-order valence-corrected chi connectivity index (χ3v) is 5.23. The van der Waals surface area contributed by atoms with Gasteiger partial charge in [-0.05, 0) is 25.1 Å². The Morgan fingerprint density at radius 3 is 2.40 bits per heavy atom. The highest BCUT2D eigenvalue weighted by molar-refractivity contribution is 7.91. The average Bonchev–Trinajstić information content (AvgIpc) is 2.26. The standard InChI is InChI=1S/C11H18N2O5S2/c1-8(7-18-2)13-20(16,17)11-6-9(19(3,14)15)4-5-10(11)12/h4-6,8,13H,7,12H2,1-3H3. The quantitative estimate of drug-likeness (QED) is 0.711. The predicted octanol–water partition coefficient (Wildman–Crippen LogP) is -0.0145. The van der Waals surface area contributed by atoms with Gasteiger partial charge in [0, 0.05) is 19.4 Å². The lowest BCUT2D eigenvalue weighted by molar-refractivity contribution is 0.180. The minimum Gasteiger partial charge on any atom is -0.398 e.